The summed E-state index contributed by atoms with van der Waals surface area (Å²) < 4.78 is 46.6. The van der Waals surface area contributed by atoms with Crippen molar-refractivity contribution in [1.29, 1.82) is 0 Å². The number of hydrogen-bond donors (Lipinski definition) is 0. The van der Waals surface area contributed by atoms with Gasteiger partial charge in [0.2, 0.25) is 0 Å². The van der Waals surface area contributed by atoms with Gasteiger partial charge in [0.1, 0.15) is 17.5 Å². The molecule has 0 aliphatic heterocycles. The zero-order valence-corrected chi connectivity index (χ0v) is 17.6. The van der Waals surface area contributed by atoms with Crippen molar-refractivity contribution in [3.63, 3.8) is 0 Å². The fourth-order valence-electron chi connectivity index (χ4n) is 3.98. The lowest BCUT2D eigenvalue weighted by Crippen LogP contribution is -2.20. The second kappa shape index (κ2) is 7.28. The van der Waals surface area contributed by atoms with Crippen LogP contribution in [0.4, 0.5) is 13.2 Å². The van der Waals surface area contributed by atoms with Crippen LogP contribution in [0.5, 0.6) is 6.01 Å². The molecule has 1 fully saturated rings. The monoisotopic (exact) mass is 443 g/mol. The number of rotatable bonds is 5. The summed E-state index contributed by atoms with van der Waals surface area (Å²) in [5, 5.41) is 4.29. The van der Waals surface area contributed by atoms with Crippen molar-refractivity contribution >= 4 is 11.0 Å². The molecule has 5 rings (SSSR count). The van der Waals surface area contributed by atoms with Crippen LogP contribution in [0.2, 0.25) is 0 Å². The Morgan fingerprint density at radius 2 is 1.84 bits per heavy atom. The molecule has 32 heavy (non-hydrogen) atoms. The van der Waals surface area contributed by atoms with Gasteiger partial charge in [0.25, 0.3) is 0 Å². The molecular formula is C21H20F3N7O. The molecule has 11 heteroatoms. The molecular weight excluding hydrogens is 423 g/mol. The van der Waals surface area contributed by atoms with E-state index in [2.05, 4.69) is 20.1 Å². The molecule has 1 saturated carbocycles. The molecule has 0 N–H and O–H groups in total. The molecule has 1 aromatic carbocycles. The molecule has 0 amide bonds. The van der Waals surface area contributed by atoms with E-state index in [1.54, 1.807) is 19.9 Å². The maximum atomic E-state index is 12.7. The van der Waals surface area contributed by atoms with Gasteiger partial charge in [0, 0.05) is 24.9 Å². The maximum absolute atomic E-state index is 12.7. The smallest absolute Gasteiger partial charge is 0.422 e. The van der Waals surface area contributed by atoms with Crippen molar-refractivity contribution < 1.29 is 17.9 Å². The van der Waals surface area contributed by atoms with Crippen LogP contribution in [-0.2, 0) is 7.05 Å². The Hall–Kier alpha value is -3.50. The van der Waals surface area contributed by atoms with Gasteiger partial charge >= 0.3 is 12.2 Å². The van der Waals surface area contributed by atoms with Crippen LogP contribution >= 0.6 is 0 Å². The Kier molecular flexibility index (Phi) is 4.64. The number of alkyl halides is 3. The Labute approximate surface area is 181 Å². The topological polar surface area (TPSA) is 83.5 Å². The SMILES string of the molecule is Cc1nc(C)n(-c2cc(C3CC3c3nc4ccccc4n3C)nc(OCC(F)(F)F)n2)n1. The fourth-order valence-corrected chi connectivity index (χ4v) is 3.98. The van der Waals surface area contributed by atoms with E-state index in [4.69, 9.17) is 9.72 Å². The minimum absolute atomic E-state index is 0.00887. The number of hydrogen-bond acceptors (Lipinski definition) is 6. The number of ether oxygens (including phenoxy) is 1. The Morgan fingerprint density at radius 1 is 1.06 bits per heavy atom. The van der Waals surface area contributed by atoms with E-state index >= 15 is 0 Å². The van der Waals surface area contributed by atoms with Gasteiger partial charge in [-0.2, -0.15) is 27.8 Å². The van der Waals surface area contributed by atoms with E-state index in [-0.39, 0.29) is 17.8 Å². The van der Waals surface area contributed by atoms with Crippen molar-refractivity contribution in [3.05, 3.63) is 53.5 Å². The summed E-state index contributed by atoms with van der Waals surface area (Å²) >= 11 is 0. The number of aromatic nitrogens is 7. The zero-order chi connectivity index (χ0) is 22.6. The molecule has 1 aliphatic carbocycles. The summed E-state index contributed by atoms with van der Waals surface area (Å²) in [5.41, 5.74) is 2.53. The third-order valence-electron chi connectivity index (χ3n) is 5.49. The van der Waals surface area contributed by atoms with Crippen molar-refractivity contribution in [3.8, 4) is 11.8 Å². The first-order valence-corrected chi connectivity index (χ1v) is 10.1. The van der Waals surface area contributed by atoms with Gasteiger partial charge in [-0.05, 0) is 32.4 Å². The van der Waals surface area contributed by atoms with Gasteiger partial charge in [-0.1, -0.05) is 12.1 Å². The van der Waals surface area contributed by atoms with E-state index in [0.29, 0.717) is 23.2 Å². The first-order valence-electron chi connectivity index (χ1n) is 10.1. The third-order valence-corrected chi connectivity index (χ3v) is 5.49. The number of imidazole rings is 1. The second-order valence-electron chi connectivity index (χ2n) is 7.92. The minimum Gasteiger partial charge on any atom is -0.454 e. The summed E-state index contributed by atoms with van der Waals surface area (Å²) in [6.07, 6.45) is -3.71. The highest BCUT2D eigenvalue weighted by molar-refractivity contribution is 5.76. The molecule has 4 aromatic rings. The molecule has 2 atom stereocenters. The normalized spacial score (nSPS) is 18.3. The third kappa shape index (κ3) is 3.78. The molecule has 8 nitrogen and oxygen atoms in total. The quantitative estimate of drug-likeness (QED) is 0.467. The molecule has 0 bridgehead atoms. The molecule has 0 spiro atoms. The van der Waals surface area contributed by atoms with E-state index in [1.165, 1.54) is 4.68 Å². The van der Waals surface area contributed by atoms with Crippen LogP contribution in [-0.4, -0.2) is 47.1 Å². The zero-order valence-electron chi connectivity index (χ0n) is 17.6. The molecule has 2 unspecified atom stereocenters. The van der Waals surface area contributed by atoms with Gasteiger partial charge < -0.3 is 9.30 Å². The summed E-state index contributed by atoms with van der Waals surface area (Å²) in [5.74, 6) is 2.43. The average molecular weight is 443 g/mol. The highest BCUT2D eigenvalue weighted by Crippen LogP contribution is 2.54. The molecule has 1 aliphatic rings. The van der Waals surface area contributed by atoms with Gasteiger partial charge in [-0.3, -0.25) is 0 Å². The largest absolute Gasteiger partial charge is 0.454 e. The molecule has 3 heterocycles. The van der Waals surface area contributed by atoms with E-state index in [9.17, 15) is 13.2 Å². The second-order valence-corrected chi connectivity index (χ2v) is 7.92. The summed E-state index contributed by atoms with van der Waals surface area (Å²) in [6.45, 7) is 2.01. The summed E-state index contributed by atoms with van der Waals surface area (Å²) in [6, 6.07) is 9.25. The standard InChI is InChI=1S/C21H20F3N7O/c1-11-25-12(2)31(29-11)18-9-16(27-20(28-18)32-10-21(22,23)24)13-8-14(13)19-26-15-6-4-5-7-17(15)30(19)3/h4-7,9,13-14H,8,10H2,1-3H3. The molecule has 0 radical (unpaired) electrons. The van der Waals surface area contributed by atoms with Crippen molar-refractivity contribution in [2.24, 2.45) is 7.05 Å². The van der Waals surface area contributed by atoms with Crippen LogP contribution in [0.1, 0.15) is 41.4 Å². The van der Waals surface area contributed by atoms with Gasteiger partial charge in [-0.15, -0.1) is 5.10 Å². The Bertz CT molecular complexity index is 1310. The average Bonchev–Trinajstić information content (AvgIpc) is 3.37. The van der Waals surface area contributed by atoms with Crippen LogP contribution in [0.15, 0.2) is 30.3 Å². The lowest BCUT2D eigenvalue weighted by molar-refractivity contribution is -0.154. The number of fused-ring (bicyclic) bond motifs is 1. The lowest BCUT2D eigenvalue weighted by atomic mass is 10.2. The lowest BCUT2D eigenvalue weighted by Gasteiger charge is -2.11. The summed E-state index contributed by atoms with van der Waals surface area (Å²) in [4.78, 5) is 17.4. The van der Waals surface area contributed by atoms with Crippen molar-refractivity contribution in [1.82, 2.24) is 34.3 Å². The molecule has 166 valence electrons. The van der Waals surface area contributed by atoms with E-state index in [1.807, 2.05) is 35.9 Å². The number of nitrogens with zero attached hydrogens (tertiary/aromatic N) is 7. The highest BCUT2D eigenvalue weighted by Gasteiger charge is 2.44. The predicted octanol–water partition coefficient (Wildman–Crippen LogP) is 3.77. The molecule has 3 aromatic heterocycles. The van der Waals surface area contributed by atoms with E-state index < -0.39 is 12.8 Å². The van der Waals surface area contributed by atoms with Crippen LogP contribution < -0.4 is 4.74 Å². The first-order chi connectivity index (χ1) is 15.2. The van der Waals surface area contributed by atoms with Crippen molar-refractivity contribution in [2.75, 3.05) is 6.61 Å². The molecule has 0 saturated heterocycles. The fraction of sp³-hybridized carbons (Fsp3) is 0.381. The first kappa shape index (κ1) is 20.4. The number of para-hydroxylation sites is 2. The number of aryl methyl sites for hydroxylation is 3. The number of benzene rings is 1. The van der Waals surface area contributed by atoms with Gasteiger partial charge in [0.05, 0.1) is 16.7 Å². The summed E-state index contributed by atoms with van der Waals surface area (Å²) in [7, 11) is 1.96. The minimum atomic E-state index is -4.49. The van der Waals surface area contributed by atoms with Crippen LogP contribution in [0, 0.1) is 13.8 Å². The van der Waals surface area contributed by atoms with Crippen LogP contribution in [0.25, 0.3) is 16.9 Å². The highest BCUT2D eigenvalue weighted by atomic mass is 19.4. The Morgan fingerprint density at radius 3 is 2.53 bits per heavy atom. The number of halogens is 3. The van der Waals surface area contributed by atoms with Gasteiger partial charge in [-0.25, -0.2) is 9.97 Å². The van der Waals surface area contributed by atoms with E-state index in [0.717, 1.165) is 23.3 Å². The maximum Gasteiger partial charge on any atom is 0.422 e. The predicted molar refractivity (Wildman–Crippen MR) is 109 cm³/mol. The van der Waals surface area contributed by atoms with Crippen LogP contribution in [0.3, 0.4) is 0 Å². The van der Waals surface area contributed by atoms with Gasteiger partial charge in [0.15, 0.2) is 12.4 Å². The Balaban J connectivity index is 1.50. The van der Waals surface area contributed by atoms with Crippen molar-refractivity contribution in [2.45, 2.75) is 38.3 Å².